The first-order valence-electron chi connectivity index (χ1n) is 3.08. The summed E-state index contributed by atoms with van der Waals surface area (Å²) in [7, 11) is 0. The lowest BCUT2D eigenvalue weighted by Crippen LogP contribution is -1.73. The number of aliphatic imine (C=N–C) groups is 1. The molecule has 0 aromatic carbocycles. The Morgan fingerprint density at radius 2 is 2.22 bits per heavy atom. The standard InChI is InChI=1S/C4H5.C3H4NS/c1-2-4-3-1;1-2-5-3-4-1/h1H,2,4H2;1-2H2. The van der Waals surface area contributed by atoms with Crippen LogP contribution >= 0.6 is 11.8 Å². The van der Waals surface area contributed by atoms with E-state index in [1.54, 1.807) is 11.8 Å². The van der Waals surface area contributed by atoms with Crippen LogP contribution in [0.4, 0.5) is 0 Å². The van der Waals surface area contributed by atoms with Crippen molar-refractivity contribution in [2.75, 3.05) is 12.3 Å². The second kappa shape index (κ2) is 4.62. The Hall–Kier alpha value is -0.240. The van der Waals surface area contributed by atoms with Crippen molar-refractivity contribution < 1.29 is 0 Å². The summed E-state index contributed by atoms with van der Waals surface area (Å²) in [5, 5.41) is 0. The van der Waals surface area contributed by atoms with Gasteiger partial charge in [-0.15, -0.1) is 11.8 Å². The van der Waals surface area contributed by atoms with E-state index in [0.717, 1.165) is 12.3 Å². The molecule has 0 aromatic rings. The quantitative estimate of drug-likeness (QED) is 0.498. The van der Waals surface area contributed by atoms with Crippen molar-refractivity contribution in [3.63, 3.8) is 0 Å². The lowest BCUT2D eigenvalue weighted by Gasteiger charge is -1.91. The van der Waals surface area contributed by atoms with Crippen LogP contribution in [0.15, 0.2) is 11.1 Å². The average Bonchev–Trinajstić information content (AvgIpc) is 2.07. The van der Waals surface area contributed by atoms with Crippen molar-refractivity contribution >= 4 is 17.3 Å². The molecule has 0 saturated carbocycles. The highest BCUT2D eigenvalue weighted by atomic mass is 32.2. The first kappa shape index (κ1) is 6.87. The molecule has 0 bridgehead atoms. The third-order valence-electron chi connectivity index (χ3n) is 1.01. The van der Waals surface area contributed by atoms with Crippen LogP contribution in [-0.4, -0.2) is 17.8 Å². The fraction of sp³-hybridized carbons (Fsp3) is 0.571. The molecule has 2 heteroatoms. The normalized spacial score (nSPS) is 20.4. The third kappa shape index (κ3) is 3.36. The fourth-order valence-electron chi connectivity index (χ4n) is 0.373. The SMILES string of the molecule is [C]1=CCC1.[C]1=NCCS1. The van der Waals surface area contributed by atoms with Gasteiger partial charge in [-0.25, -0.2) is 0 Å². The summed E-state index contributed by atoms with van der Waals surface area (Å²) >= 11 is 1.66. The minimum Gasteiger partial charge on any atom is -0.275 e. The zero-order valence-corrected chi connectivity index (χ0v) is 6.08. The number of nitrogens with zero attached hydrogens (tertiary/aromatic N) is 1. The summed E-state index contributed by atoms with van der Waals surface area (Å²) in [5.74, 6) is 1.14. The van der Waals surface area contributed by atoms with Gasteiger partial charge < -0.3 is 0 Å². The fourth-order valence-corrected chi connectivity index (χ4v) is 0.829. The maximum Gasteiger partial charge on any atom is 0.122 e. The molecule has 0 fully saturated rings. The maximum absolute atomic E-state index is 3.80. The van der Waals surface area contributed by atoms with Crippen LogP contribution < -0.4 is 0 Å². The summed E-state index contributed by atoms with van der Waals surface area (Å²) < 4.78 is 0. The van der Waals surface area contributed by atoms with Crippen LogP contribution in [0.1, 0.15) is 12.8 Å². The summed E-state index contributed by atoms with van der Waals surface area (Å²) in [6.07, 6.45) is 7.50. The maximum atomic E-state index is 3.80. The Kier molecular flexibility index (Phi) is 3.53. The molecule has 1 nitrogen and oxygen atoms in total. The lowest BCUT2D eigenvalue weighted by atomic mass is 10.1. The first-order chi connectivity index (χ1) is 4.50. The molecule has 9 heavy (non-hydrogen) atoms. The molecular weight excluding hydrogens is 130 g/mol. The predicted molar refractivity (Wildman–Crippen MR) is 41.8 cm³/mol. The molecule has 1 aliphatic heterocycles. The van der Waals surface area contributed by atoms with Gasteiger partial charge in [-0.3, -0.25) is 4.99 Å². The molecule has 1 heterocycles. The minimum atomic E-state index is 0.977. The molecule has 0 unspecified atom stereocenters. The number of hydrogen-bond acceptors (Lipinski definition) is 2. The van der Waals surface area contributed by atoms with E-state index in [0.29, 0.717) is 0 Å². The second-order valence-corrected chi connectivity index (χ2v) is 2.65. The minimum absolute atomic E-state index is 0.977. The Labute approximate surface area is 60.3 Å². The zero-order valence-electron chi connectivity index (χ0n) is 5.26. The smallest absolute Gasteiger partial charge is 0.122 e. The summed E-state index contributed by atoms with van der Waals surface area (Å²) in [5.41, 5.74) is 2.76. The molecule has 0 amide bonds. The summed E-state index contributed by atoms with van der Waals surface area (Å²) in [4.78, 5) is 3.80. The monoisotopic (exact) mass is 139 g/mol. The van der Waals surface area contributed by atoms with Crippen LogP contribution in [0.2, 0.25) is 0 Å². The molecule has 1 aliphatic carbocycles. The van der Waals surface area contributed by atoms with Crippen molar-refractivity contribution in [1.82, 2.24) is 0 Å². The number of rotatable bonds is 0. The van der Waals surface area contributed by atoms with Crippen LogP contribution in [0.5, 0.6) is 0 Å². The predicted octanol–water partition coefficient (Wildman–Crippen LogP) is 1.78. The molecule has 0 saturated heterocycles. The average molecular weight is 139 g/mol. The van der Waals surface area contributed by atoms with Crippen molar-refractivity contribution in [3.8, 4) is 0 Å². The largest absolute Gasteiger partial charge is 0.275 e. The zero-order chi connectivity index (χ0) is 6.36. The van der Waals surface area contributed by atoms with Crippen LogP contribution in [0.3, 0.4) is 0 Å². The molecular formula is C7H9NS. The van der Waals surface area contributed by atoms with Crippen molar-refractivity contribution in [3.05, 3.63) is 12.2 Å². The molecule has 2 radical (unpaired) electrons. The van der Waals surface area contributed by atoms with Gasteiger partial charge in [0.05, 0.1) is 0 Å². The number of hydrogen-bond donors (Lipinski definition) is 0. The van der Waals surface area contributed by atoms with E-state index in [1.807, 2.05) is 0 Å². The molecule has 48 valence electrons. The van der Waals surface area contributed by atoms with Gasteiger partial charge in [0.25, 0.3) is 0 Å². The third-order valence-corrected chi connectivity index (χ3v) is 1.66. The number of thioether (sulfide) groups is 1. The first-order valence-corrected chi connectivity index (χ1v) is 4.07. The van der Waals surface area contributed by atoms with Gasteiger partial charge in [0.15, 0.2) is 0 Å². The second-order valence-electron chi connectivity index (χ2n) is 1.77. The summed E-state index contributed by atoms with van der Waals surface area (Å²) in [6.45, 7) is 0.977. The Morgan fingerprint density at radius 3 is 2.33 bits per heavy atom. The van der Waals surface area contributed by atoms with Crippen LogP contribution in [0.25, 0.3) is 0 Å². The highest BCUT2D eigenvalue weighted by Crippen LogP contribution is 2.00. The van der Waals surface area contributed by atoms with Crippen molar-refractivity contribution in [2.45, 2.75) is 12.8 Å². The Morgan fingerprint density at radius 1 is 1.56 bits per heavy atom. The highest BCUT2D eigenvalue weighted by Gasteiger charge is 1.87. The van der Waals surface area contributed by atoms with Gasteiger partial charge in [-0.2, -0.15) is 0 Å². The van der Waals surface area contributed by atoms with Gasteiger partial charge in [0.2, 0.25) is 0 Å². The molecule has 2 rings (SSSR count). The van der Waals surface area contributed by atoms with Crippen molar-refractivity contribution in [1.29, 1.82) is 0 Å². The van der Waals surface area contributed by atoms with E-state index in [1.165, 1.54) is 12.8 Å². The summed E-state index contributed by atoms with van der Waals surface area (Å²) in [6, 6.07) is 0. The Balaban J connectivity index is 0.0000000922. The molecule has 0 spiro atoms. The molecule has 0 N–H and O–H groups in total. The van der Waals surface area contributed by atoms with Crippen LogP contribution in [-0.2, 0) is 0 Å². The van der Waals surface area contributed by atoms with E-state index in [2.05, 4.69) is 22.7 Å². The highest BCUT2D eigenvalue weighted by molar-refractivity contribution is 8.12. The Bertz CT molecular complexity index is 106. The van der Waals surface area contributed by atoms with E-state index >= 15 is 0 Å². The van der Waals surface area contributed by atoms with E-state index < -0.39 is 0 Å². The number of allylic oxidation sites excluding steroid dienone is 2. The van der Waals surface area contributed by atoms with Crippen molar-refractivity contribution in [2.24, 2.45) is 4.99 Å². The van der Waals surface area contributed by atoms with Gasteiger partial charge in [-0.1, -0.05) is 6.08 Å². The van der Waals surface area contributed by atoms with E-state index in [-0.39, 0.29) is 0 Å². The topological polar surface area (TPSA) is 12.4 Å². The molecule has 0 aromatic heterocycles. The van der Waals surface area contributed by atoms with Gasteiger partial charge in [-0.05, 0) is 18.9 Å². The van der Waals surface area contributed by atoms with Gasteiger partial charge >= 0.3 is 0 Å². The van der Waals surface area contributed by atoms with Gasteiger partial charge in [0.1, 0.15) is 5.55 Å². The molecule has 2 aliphatic rings. The van der Waals surface area contributed by atoms with E-state index in [4.69, 9.17) is 0 Å². The van der Waals surface area contributed by atoms with Gasteiger partial charge in [0, 0.05) is 12.3 Å². The van der Waals surface area contributed by atoms with Crippen LogP contribution in [0, 0.1) is 6.08 Å². The lowest BCUT2D eigenvalue weighted by molar-refractivity contribution is 0.928. The van der Waals surface area contributed by atoms with E-state index in [9.17, 15) is 0 Å². The molecule has 0 atom stereocenters.